The zero-order valence-corrected chi connectivity index (χ0v) is 30.9. The van der Waals surface area contributed by atoms with Crippen LogP contribution in [0.4, 0.5) is 5.95 Å². The predicted octanol–water partition coefficient (Wildman–Crippen LogP) is 7.16. The van der Waals surface area contributed by atoms with Gasteiger partial charge in [0.2, 0.25) is 5.95 Å². The van der Waals surface area contributed by atoms with Crippen LogP contribution in [0.25, 0.3) is 22.3 Å². The van der Waals surface area contributed by atoms with E-state index in [1.165, 1.54) is 32.1 Å². The number of amides is 1. The lowest BCUT2D eigenvalue weighted by atomic mass is 9.87. The molecule has 50 heavy (non-hydrogen) atoms. The summed E-state index contributed by atoms with van der Waals surface area (Å²) in [7, 11) is 4.84. The Morgan fingerprint density at radius 1 is 0.880 bits per heavy atom. The number of rotatable bonds is 14. The number of fused-ring (bicyclic) bond motifs is 1. The smallest absolute Gasteiger partial charge is 0.305 e. The van der Waals surface area contributed by atoms with E-state index in [9.17, 15) is 14.7 Å². The predicted molar refractivity (Wildman–Crippen MR) is 197 cm³/mol. The van der Waals surface area contributed by atoms with E-state index in [-0.39, 0.29) is 18.9 Å². The van der Waals surface area contributed by atoms with Crippen LogP contribution in [-0.4, -0.2) is 70.7 Å². The lowest BCUT2D eigenvalue weighted by molar-refractivity contribution is -0.137. The summed E-state index contributed by atoms with van der Waals surface area (Å²) in [6.45, 7) is 13.0. The molecule has 4 aromatic rings. The number of aromatic nitrogens is 4. The van der Waals surface area contributed by atoms with Crippen LogP contribution < -0.4 is 24.8 Å². The van der Waals surface area contributed by atoms with Gasteiger partial charge in [0.05, 0.1) is 38.8 Å². The minimum Gasteiger partial charge on any atom is -0.496 e. The van der Waals surface area contributed by atoms with Gasteiger partial charge in [-0.15, -0.1) is 5.10 Å². The average Bonchev–Trinajstić information content (AvgIpc) is 3.69. The fraction of sp³-hybridized carbons (Fsp3) is 0.526. The van der Waals surface area contributed by atoms with Gasteiger partial charge in [-0.25, -0.2) is 4.68 Å². The molecule has 5 rings (SSSR count). The van der Waals surface area contributed by atoms with Crippen molar-refractivity contribution in [1.29, 1.82) is 0 Å². The molecule has 0 bridgehead atoms. The first-order chi connectivity index (χ1) is 24.1. The summed E-state index contributed by atoms with van der Waals surface area (Å²) in [5, 5.41) is 21.1. The van der Waals surface area contributed by atoms with Gasteiger partial charge in [0, 0.05) is 24.5 Å². The van der Waals surface area contributed by atoms with E-state index in [1.54, 1.807) is 32.0 Å². The topological polar surface area (TPSA) is 142 Å². The molecule has 0 radical (unpaired) electrons. The van der Waals surface area contributed by atoms with Crippen molar-refractivity contribution >= 4 is 28.7 Å². The molecule has 0 atom stereocenters. The van der Waals surface area contributed by atoms with Gasteiger partial charge in [-0.2, -0.15) is 4.98 Å². The van der Waals surface area contributed by atoms with Crippen molar-refractivity contribution in [2.45, 2.75) is 92.7 Å². The van der Waals surface area contributed by atoms with Crippen molar-refractivity contribution in [3.63, 3.8) is 0 Å². The summed E-state index contributed by atoms with van der Waals surface area (Å²) in [5.41, 5.74) is 4.60. The van der Waals surface area contributed by atoms with Crippen LogP contribution in [0, 0.1) is 26.7 Å². The number of benzene rings is 2. The fourth-order valence-electron chi connectivity index (χ4n) is 6.66. The molecule has 1 amide bonds. The Bertz CT molecular complexity index is 1770. The first-order valence-electron chi connectivity index (χ1n) is 17.7. The number of carbonyl (C=O) groups is 2. The highest BCUT2D eigenvalue weighted by atomic mass is 16.5. The number of aliphatic carboxylic acids is 1. The van der Waals surface area contributed by atoms with Gasteiger partial charge in [-0.05, 0) is 81.1 Å². The highest BCUT2D eigenvalue weighted by Crippen LogP contribution is 2.37. The summed E-state index contributed by atoms with van der Waals surface area (Å²) in [4.78, 5) is 30.2. The summed E-state index contributed by atoms with van der Waals surface area (Å²) in [6.07, 6.45) is 7.02. The van der Waals surface area contributed by atoms with E-state index in [0.717, 1.165) is 47.1 Å². The molecule has 0 aliphatic heterocycles. The molecular weight excluding hydrogens is 636 g/mol. The van der Waals surface area contributed by atoms with E-state index in [2.05, 4.69) is 24.5 Å². The van der Waals surface area contributed by atoms with Crippen LogP contribution in [0.3, 0.4) is 0 Å². The Morgan fingerprint density at radius 3 is 2.16 bits per heavy atom. The fourth-order valence-corrected chi connectivity index (χ4v) is 6.66. The number of aryl methyl sites for hydroxylation is 4. The van der Waals surface area contributed by atoms with E-state index >= 15 is 0 Å². The Balaban J connectivity index is 0.00000105. The van der Waals surface area contributed by atoms with Crippen molar-refractivity contribution < 1.29 is 28.9 Å². The number of hydrogen-bond donors (Lipinski definition) is 3. The van der Waals surface area contributed by atoms with Crippen molar-refractivity contribution in [1.82, 2.24) is 24.6 Å². The third-order valence-corrected chi connectivity index (χ3v) is 9.57. The van der Waals surface area contributed by atoms with Crippen molar-refractivity contribution in [2.24, 2.45) is 5.92 Å². The molecule has 12 nitrogen and oxygen atoms in total. The molecule has 1 fully saturated rings. The van der Waals surface area contributed by atoms with Crippen LogP contribution in [0.15, 0.2) is 24.3 Å². The number of methoxy groups -OCH3 is 3. The normalized spacial score (nSPS) is 13.1. The van der Waals surface area contributed by atoms with Gasteiger partial charge in [0.25, 0.3) is 5.91 Å². The van der Waals surface area contributed by atoms with Crippen LogP contribution in [0.5, 0.6) is 17.2 Å². The summed E-state index contributed by atoms with van der Waals surface area (Å²) in [5.74, 6) is 1.96. The van der Waals surface area contributed by atoms with E-state index in [1.807, 2.05) is 43.7 Å². The number of carboxylic acids is 1. The Kier molecular flexibility index (Phi) is 13.7. The summed E-state index contributed by atoms with van der Waals surface area (Å²) < 4.78 is 20.5. The van der Waals surface area contributed by atoms with Gasteiger partial charge in [-0.3, -0.25) is 14.9 Å². The largest absolute Gasteiger partial charge is 0.496 e. The van der Waals surface area contributed by atoms with Crippen LogP contribution >= 0.6 is 0 Å². The van der Waals surface area contributed by atoms with E-state index < -0.39 is 11.9 Å². The Morgan fingerprint density at radius 2 is 1.56 bits per heavy atom. The number of nitrogens with one attached hydrogen (secondary N) is 2. The third-order valence-electron chi connectivity index (χ3n) is 9.57. The van der Waals surface area contributed by atoms with Gasteiger partial charge in [0.15, 0.2) is 5.82 Å². The van der Waals surface area contributed by atoms with Crippen LogP contribution in [0.2, 0.25) is 0 Å². The lowest BCUT2D eigenvalue weighted by Gasteiger charge is -2.21. The monoisotopic (exact) mass is 690 g/mol. The molecule has 2 aromatic heterocycles. The van der Waals surface area contributed by atoms with Gasteiger partial charge < -0.3 is 29.2 Å². The van der Waals surface area contributed by atoms with Crippen molar-refractivity contribution in [3.05, 3.63) is 46.6 Å². The molecule has 3 N–H and O–H groups in total. The molecule has 1 aliphatic carbocycles. The maximum absolute atomic E-state index is 13.9. The Labute approximate surface area is 295 Å². The number of carbonyl (C=O) groups excluding carboxylic acids is 1. The number of anilines is 1. The molecule has 2 aromatic carbocycles. The number of nitrogens with zero attached hydrogens (tertiary/aromatic N) is 4. The minimum atomic E-state index is -0.954. The molecule has 12 heteroatoms. The second kappa shape index (κ2) is 17.9. The molecule has 0 spiro atoms. The number of carboxylic acid groups (broad SMARTS) is 1. The summed E-state index contributed by atoms with van der Waals surface area (Å²) in [6, 6.07) is 7.45. The number of hydrogen-bond acceptors (Lipinski definition) is 8. The van der Waals surface area contributed by atoms with E-state index in [4.69, 9.17) is 24.3 Å². The highest BCUT2D eigenvalue weighted by molar-refractivity contribution is 6.06. The van der Waals surface area contributed by atoms with Crippen LogP contribution in [-0.2, 0) is 17.9 Å². The lowest BCUT2D eigenvalue weighted by Crippen LogP contribution is -2.19. The quantitative estimate of drug-likeness (QED) is 0.126. The van der Waals surface area contributed by atoms with Crippen molar-refractivity contribution in [2.75, 3.05) is 39.7 Å². The second-order valence-corrected chi connectivity index (χ2v) is 12.8. The first kappa shape index (κ1) is 38.2. The van der Waals surface area contributed by atoms with Crippen molar-refractivity contribution in [3.8, 4) is 28.6 Å². The van der Waals surface area contributed by atoms with Crippen LogP contribution in [0.1, 0.15) is 86.0 Å². The maximum Gasteiger partial charge on any atom is 0.305 e. The van der Waals surface area contributed by atoms with Gasteiger partial charge in [0.1, 0.15) is 22.9 Å². The zero-order chi connectivity index (χ0) is 36.4. The molecule has 0 unspecified atom stereocenters. The van der Waals surface area contributed by atoms with Gasteiger partial charge in [-0.1, -0.05) is 46.0 Å². The molecule has 1 aliphatic rings. The standard InChI is InChI=1S/C34H43N5O6.C4H11N/c1-20-16-30(45-6)25(18-28(20)43-4)32-35-34(37-39(32)15-12-23-10-8-7-9-11-23)36-33(42)27-17-24-21(2)22(3)29(44-5)19-26(24)38(27)14-13-31(40)41;1-3-5-4-2/h16-19,23H,7-15H2,1-6H3,(H,40,41)(H,36,37,42);5H,3-4H2,1-2H3. The maximum atomic E-state index is 13.9. The molecule has 1 saturated carbocycles. The molecule has 2 heterocycles. The first-order valence-corrected chi connectivity index (χ1v) is 17.7. The molecule has 272 valence electrons. The third kappa shape index (κ3) is 8.95. The molecule has 0 saturated heterocycles. The second-order valence-electron chi connectivity index (χ2n) is 12.8. The SMILES string of the molecule is CCNCC.COc1cc(-c2nc(NC(=O)c3cc4c(C)c(C)c(OC)cc4n3CCC(=O)O)nn2CCC2CCCCC2)c(OC)cc1C. The summed E-state index contributed by atoms with van der Waals surface area (Å²) >= 11 is 0. The van der Waals surface area contributed by atoms with Gasteiger partial charge >= 0.3 is 5.97 Å². The molecular formula is C38H54N6O6. The zero-order valence-electron chi connectivity index (χ0n) is 30.9. The minimum absolute atomic E-state index is 0.113. The average molecular weight is 691 g/mol. The number of ether oxygens (including phenoxy) is 3. The Hall–Kier alpha value is -4.58. The van der Waals surface area contributed by atoms with E-state index in [0.29, 0.717) is 46.8 Å². The highest BCUT2D eigenvalue weighted by Gasteiger charge is 2.24.